The van der Waals surface area contributed by atoms with Gasteiger partial charge in [-0.2, -0.15) is 0 Å². The largest absolute Gasteiger partial charge is 0.457 e. The van der Waals surface area contributed by atoms with Gasteiger partial charge in [0.25, 0.3) is 0 Å². The first-order valence-electron chi connectivity index (χ1n) is 21.0. The molecular formula is C57H36N2OS. The van der Waals surface area contributed by atoms with Crippen molar-refractivity contribution in [3.63, 3.8) is 0 Å². The Morgan fingerprint density at radius 3 is 1.98 bits per heavy atom. The van der Waals surface area contributed by atoms with Gasteiger partial charge in [-0.05, 0) is 111 Å². The summed E-state index contributed by atoms with van der Waals surface area (Å²) in [5.41, 5.74) is 15.6. The molecule has 0 N–H and O–H groups in total. The zero-order valence-corrected chi connectivity index (χ0v) is 33.9. The number of hydrogen-bond acceptors (Lipinski definition) is 4. The Kier molecular flexibility index (Phi) is 7.52. The van der Waals surface area contributed by atoms with Crippen molar-refractivity contribution < 1.29 is 4.74 Å². The van der Waals surface area contributed by atoms with Crippen molar-refractivity contribution in [2.75, 3.05) is 0 Å². The molecule has 10 aromatic rings. The van der Waals surface area contributed by atoms with Gasteiger partial charge in [0, 0.05) is 32.3 Å². The summed E-state index contributed by atoms with van der Waals surface area (Å²) in [6.45, 7) is 0. The van der Waals surface area contributed by atoms with Gasteiger partial charge >= 0.3 is 0 Å². The van der Waals surface area contributed by atoms with Crippen LogP contribution in [0.15, 0.2) is 205 Å². The lowest BCUT2D eigenvalue weighted by atomic mass is 9.64. The van der Waals surface area contributed by atoms with E-state index in [1.807, 2.05) is 0 Å². The van der Waals surface area contributed by atoms with Crippen LogP contribution in [0.5, 0.6) is 5.75 Å². The topological polar surface area (TPSA) is 35.0 Å². The fraction of sp³-hybridized carbons (Fsp3) is 0.0526. The van der Waals surface area contributed by atoms with Gasteiger partial charge in [-0.1, -0.05) is 152 Å². The molecular weight excluding hydrogens is 761 g/mol. The van der Waals surface area contributed by atoms with Gasteiger partial charge < -0.3 is 4.74 Å². The van der Waals surface area contributed by atoms with E-state index >= 15 is 0 Å². The molecule has 0 saturated carbocycles. The van der Waals surface area contributed by atoms with Crippen molar-refractivity contribution in [3.05, 3.63) is 222 Å². The fourth-order valence-electron chi connectivity index (χ4n) is 10.3. The number of thiophene rings is 1. The Morgan fingerprint density at radius 2 is 1.16 bits per heavy atom. The summed E-state index contributed by atoms with van der Waals surface area (Å²) in [5, 5.41) is 3.63. The molecule has 1 spiro atoms. The maximum Gasteiger partial charge on any atom is 0.160 e. The first-order valence-corrected chi connectivity index (χ1v) is 21.9. The maximum atomic E-state index is 6.72. The predicted octanol–water partition coefficient (Wildman–Crippen LogP) is 15.0. The molecule has 286 valence electrons. The summed E-state index contributed by atoms with van der Waals surface area (Å²) in [7, 11) is 0. The zero-order chi connectivity index (χ0) is 40.1. The average molecular weight is 797 g/mol. The highest BCUT2D eigenvalue weighted by atomic mass is 32.1. The Bertz CT molecular complexity index is 3450. The summed E-state index contributed by atoms with van der Waals surface area (Å²) in [6.07, 6.45) is 6.66. The zero-order valence-electron chi connectivity index (χ0n) is 33.1. The van der Waals surface area contributed by atoms with E-state index in [0.717, 1.165) is 79.0 Å². The second-order valence-corrected chi connectivity index (χ2v) is 17.3. The van der Waals surface area contributed by atoms with E-state index in [1.165, 1.54) is 48.9 Å². The third-order valence-electron chi connectivity index (χ3n) is 12.9. The Balaban J connectivity index is 1.10. The standard InChI is InChI=1S/C57H36N2OS/c1-3-15-35(16-4-1)39-31-40(36-17-5-2-6-18-36)33-41(32-39)56-58-53(55-54(59-56)43-21-9-14-26-51(43)61-55)38-28-29-45-44(34-38)52-42-20-8-7-19-37(42)27-30-48(52)57(45)46-22-10-12-24-49(46)60-50-25-13-11-23-47(50)57/h1-10,12,14-34H,11,13H2. The number of allylic oxidation sites excluding steroid dienone is 3. The van der Waals surface area contributed by atoms with Crippen molar-refractivity contribution in [2.24, 2.45) is 0 Å². The molecule has 3 heterocycles. The van der Waals surface area contributed by atoms with E-state index in [1.54, 1.807) is 11.3 Å². The third kappa shape index (κ3) is 5.09. The molecule has 2 aromatic heterocycles. The summed E-state index contributed by atoms with van der Waals surface area (Å²) in [6, 6.07) is 65.9. The van der Waals surface area contributed by atoms with Gasteiger partial charge in [0.2, 0.25) is 0 Å². The molecule has 1 aliphatic heterocycles. The van der Waals surface area contributed by atoms with Gasteiger partial charge in [-0.3, -0.25) is 0 Å². The smallest absolute Gasteiger partial charge is 0.160 e. The maximum absolute atomic E-state index is 6.72. The SMILES string of the molecule is C1=C2Oc3ccccc3C3(C2=CCC1)c1ccc(-c2nc(-c4cc(-c5ccccc5)cc(-c5ccccc5)c4)nc4c2sc2ccccc24)cc1-c1c3ccc2ccccc12. The summed E-state index contributed by atoms with van der Waals surface area (Å²) >= 11 is 1.78. The monoisotopic (exact) mass is 796 g/mol. The number of nitrogens with zero attached hydrogens (tertiary/aromatic N) is 2. The molecule has 0 radical (unpaired) electrons. The number of aromatic nitrogens is 2. The molecule has 2 aliphatic carbocycles. The lowest BCUT2D eigenvalue weighted by Gasteiger charge is -2.42. The number of rotatable bonds is 4. The van der Waals surface area contributed by atoms with Gasteiger partial charge in [0.1, 0.15) is 11.5 Å². The van der Waals surface area contributed by atoms with Crippen molar-refractivity contribution in [2.45, 2.75) is 18.3 Å². The van der Waals surface area contributed by atoms with Crippen LogP contribution in [-0.2, 0) is 5.41 Å². The molecule has 1 unspecified atom stereocenters. The molecule has 3 aliphatic rings. The molecule has 1 atom stereocenters. The van der Waals surface area contributed by atoms with Crippen LogP contribution in [0.2, 0.25) is 0 Å². The van der Waals surface area contributed by atoms with Crippen LogP contribution in [0.3, 0.4) is 0 Å². The van der Waals surface area contributed by atoms with E-state index in [2.05, 4.69) is 194 Å². The first-order chi connectivity index (χ1) is 30.2. The van der Waals surface area contributed by atoms with Crippen molar-refractivity contribution >= 4 is 42.4 Å². The van der Waals surface area contributed by atoms with Crippen LogP contribution < -0.4 is 4.74 Å². The molecule has 0 bridgehead atoms. The molecule has 13 rings (SSSR count). The van der Waals surface area contributed by atoms with E-state index in [4.69, 9.17) is 14.7 Å². The molecule has 61 heavy (non-hydrogen) atoms. The number of hydrogen-bond donors (Lipinski definition) is 0. The summed E-state index contributed by atoms with van der Waals surface area (Å²) in [5.74, 6) is 2.61. The highest BCUT2D eigenvalue weighted by Gasteiger charge is 2.53. The van der Waals surface area contributed by atoms with Crippen LogP contribution >= 0.6 is 11.3 Å². The number of para-hydroxylation sites is 1. The Labute approximate surface area is 357 Å². The van der Waals surface area contributed by atoms with Crippen LogP contribution in [0.4, 0.5) is 0 Å². The Hall–Kier alpha value is -7.40. The number of benzene rings is 8. The molecule has 0 amide bonds. The van der Waals surface area contributed by atoms with Crippen LogP contribution in [0.1, 0.15) is 29.5 Å². The van der Waals surface area contributed by atoms with Gasteiger partial charge in [0.15, 0.2) is 5.82 Å². The number of ether oxygens (including phenoxy) is 1. The normalized spacial score (nSPS) is 16.1. The van der Waals surface area contributed by atoms with Gasteiger partial charge in [0.05, 0.1) is 21.3 Å². The second kappa shape index (κ2) is 13.3. The summed E-state index contributed by atoms with van der Waals surface area (Å²) < 4.78 is 9.01. The molecule has 0 saturated heterocycles. The minimum Gasteiger partial charge on any atom is -0.457 e. The van der Waals surface area contributed by atoms with E-state index in [-0.39, 0.29) is 0 Å². The molecule has 4 heteroatoms. The highest BCUT2D eigenvalue weighted by molar-refractivity contribution is 7.26. The van der Waals surface area contributed by atoms with E-state index < -0.39 is 5.41 Å². The van der Waals surface area contributed by atoms with E-state index in [0.29, 0.717) is 5.82 Å². The van der Waals surface area contributed by atoms with Gasteiger partial charge in [-0.15, -0.1) is 11.3 Å². The minimum atomic E-state index is -0.524. The van der Waals surface area contributed by atoms with Crippen molar-refractivity contribution in [1.82, 2.24) is 9.97 Å². The highest BCUT2D eigenvalue weighted by Crippen LogP contribution is 2.63. The van der Waals surface area contributed by atoms with Crippen molar-refractivity contribution in [1.29, 1.82) is 0 Å². The van der Waals surface area contributed by atoms with Crippen LogP contribution in [0.25, 0.3) is 87.1 Å². The molecule has 3 nitrogen and oxygen atoms in total. The minimum absolute atomic E-state index is 0.524. The quantitative estimate of drug-likeness (QED) is 0.178. The third-order valence-corrected chi connectivity index (χ3v) is 14.1. The second-order valence-electron chi connectivity index (χ2n) is 16.3. The summed E-state index contributed by atoms with van der Waals surface area (Å²) in [4.78, 5) is 11.1. The van der Waals surface area contributed by atoms with Gasteiger partial charge in [-0.25, -0.2) is 9.97 Å². The first kappa shape index (κ1) is 34.5. The van der Waals surface area contributed by atoms with Crippen molar-refractivity contribution in [3.8, 4) is 61.8 Å². The fourth-order valence-corrected chi connectivity index (χ4v) is 11.5. The molecule has 8 aromatic carbocycles. The predicted molar refractivity (Wildman–Crippen MR) is 252 cm³/mol. The van der Waals surface area contributed by atoms with Crippen LogP contribution in [0, 0.1) is 0 Å². The average Bonchev–Trinajstić information content (AvgIpc) is 3.85. The lowest BCUT2D eigenvalue weighted by Crippen LogP contribution is -2.36. The number of fused-ring (bicyclic) bond motifs is 14. The molecule has 0 fully saturated rings. The van der Waals surface area contributed by atoms with Crippen LogP contribution in [-0.4, -0.2) is 9.97 Å². The van der Waals surface area contributed by atoms with E-state index in [9.17, 15) is 0 Å². The Morgan fingerprint density at radius 1 is 0.492 bits per heavy atom. The lowest BCUT2D eigenvalue weighted by molar-refractivity contribution is 0.383.